The predicted molar refractivity (Wildman–Crippen MR) is 79.3 cm³/mol. The highest BCUT2D eigenvalue weighted by molar-refractivity contribution is 7.98. The predicted octanol–water partition coefficient (Wildman–Crippen LogP) is 4.05. The van der Waals surface area contributed by atoms with E-state index < -0.39 is 5.97 Å². The van der Waals surface area contributed by atoms with E-state index in [1.165, 1.54) is 16.0 Å². The Morgan fingerprint density at radius 1 is 1.21 bits per heavy atom. The van der Waals surface area contributed by atoms with Crippen LogP contribution in [0.5, 0.6) is 5.75 Å². The number of carboxylic acid groups (broad SMARTS) is 1. The van der Waals surface area contributed by atoms with Gasteiger partial charge >= 0.3 is 5.97 Å². The Morgan fingerprint density at radius 3 is 2.37 bits per heavy atom. The lowest BCUT2D eigenvalue weighted by Gasteiger charge is -2.11. The second-order valence-electron chi connectivity index (χ2n) is 4.64. The molecule has 0 saturated heterocycles. The molecule has 1 aromatic carbocycles. The summed E-state index contributed by atoms with van der Waals surface area (Å²) in [7, 11) is 0. The van der Waals surface area contributed by atoms with Crippen molar-refractivity contribution < 1.29 is 14.6 Å². The van der Waals surface area contributed by atoms with Gasteiger partial charge in [0.15, 0.2) is 0 Å². The van der Waals surface area contributed by atoms with Crippen molar-refractivity contribution in [3.63, 3.8) is 0 Å². The summed E-state index contributed by atoms with van der Waals surface area (Å²) >= 11 is 1.76. The molecule has 106 valence electrons. The Morgan fingerprint density at radius 2 is 1.84 bits per heavy atom. The first-order valence-corrected chi connectivity index (χ1v) is 7.77. The number of aryl methyl sites for hydroxylation is 2. The molecule has 0 fully saturated rings. The molecule has 0 aliphatic rings. The lowest BCUT2D eigenvalue weighted by atomic mass is 10.1. The van der Waals surface area contributed by atoms with Crippen molar-refractivity contribution in [3.05, 3.63) is 23.3 Å². The van der Waals surface area contributed by atoms with Crippen molar-refractivity contribution in [2.24, 2.45) is 0 Å². The van der Waals surface area contributed by atoms with Crippen LogP contribution in [-0.2, 0) is 4.79 Å². The lowest BCUT2D eigenvalue weighted by Crippen LogP contribution is -2.00. The summed E-state index contributed by atoms with van der Waals surface area (Å²) < 4.78 is 5.72. The molecule has 0 aliphatic heterocycles. The third-order valence-corrected chi connectivity index (χ3v) is 3.99. The molecule has 0 spiro atoms. The minimum absolute atomic E-state index is 0.251. The van der Waals surface area contributed by atoms with Gasteiger partial charge in [0.25, 0.3) is 0 Å². The lowest BCUT2D eigenvalue weighted by molar-refractivity contribution is -0.137. The van der Waals surface area contributed by atoms with Crippen molar-refractivity contribution in [1.82, 2.24) is 0 Å². The van der Waals surface area contributed by atoms with Gasteiger partial charge in [-0.05, 0) is 62.6 Å². The molecule has 0 atom stereocenters. The van der Waals surface area contributed by atoms with E-state index in [0.717, 1.165) is 25.0 Å². The van der Waals surface area contributed by atoms with Crippen molar-refractivity contribution >= 4 is 17.7 Å². The van der Waals surface area contributed by atoms with E-state index >= 15 is 0 Å². The fourth-order valence-corrected chi connectivity index (χ4v) is 2.82. The molecule has 1 N–H and O–H groups in total. The molecule has 0 bridgehead atoms. The van der Waals surface area contributed by atoms with Crippen LogP contribution in [0.4, 0.5) is 0 Å². The largest absolute Gasteiger partial charge is 0.494 e. The van der Waals surface area contributed by atoms with Gasteiger partial charge in [-0.25, -0.2) is 0 Å². The average Bonchev–Trinajstić information content (AvgIpc) is 2.33. The average molecular weight is 282 g/mol. The number of unbranched alkanes of at least 4 members (excludes halogenated alkanes) is 2. The topological polar surface area (TPSA) is 46.5 Å². The number of hydrogen-bond acceptors (Lipinski definition) is 3. The molecule has 0 aromatic heterocycles. The summed E-state index contributed by atoms with van der Waals surface area (Å²) in [5, 5.41) is 8.53. The van der Waals surface area contributed by atoms with E-state index in [9.17, 15) is 4.79 Å². The fraction of sp³-hybridized carbons (Fsp3) is 0.533. The summed E-state index contributed by atoms with van der Waals surface area (Å²) in [6.07, 6.45) is 4.85. The molecule has 0 heterocycles. The maximum Gasteiger partial charge on any atom is 0.303 e. The number of carboxylic acids is 1. The molecule has 0 radical (unpaired) electrons. The third kappa shape index (κ3) is 5.55. The van der Waals surface area contributed by atoms with Gasteiger partial charge in [-0.15, -0.1) is 11.8 Å². The Kier molecular flexibility index (Phi) is 6.78. The molecular formula is C15H22O3S. The minimum Gasteiger partial charge on any atom is -0.494 e. The van der Waals surface area contributed by atoms with Gasteiger partial charge in [0, 0.05) is 11.3 Å². The molecule has 1 aromatic rings. The van der Waals surface area contributed by atoms with Crippen LogP contribution in [0.2, 0.25) is 0 Å². The number of hydrogen-bond donors (Lipinski definition) is 1. The normalized spacial score (nSPS) is 10.5. The quantitative estimate of drug-likeness (QED) is 0.577. The molecule has 4 heteroatoms. The number of carbonyl (C=O) groups is 1. The monoisotopic (exact) mass is 282 g/mol. The van der Waals surface area contributed by atoms with Gasteiger partial charge in [0.1, 0.15) is 5.75 Å². The smallest absolute Gasteiger partial charge is 0.303 e. The van der Waals surface area contributed by atoms with Crippen molar-refractivity contribution in [3.8, 4) is 5.75 Å². The molecular weight excluding hydrogens is 260 g/mol. The van der Waals surface area contributed by atoms with Crippen LogP contribution in [0.15, 0.2) is 17.0 Å². The van der Waals surface area contributed by atoms with E-state index in [4.69, 9.17) is 9.84 Å². The van der Waals surface area contributed by atoms with E-state index in [1.54, 1.807) is 11.8 Å². The number of rotatable bonds is 8. The highest BCUT2D eigenvalue weighted by Crippen LogP contribution is 2.28. The van der Waals surface area contributed by atoms with E-state index in [-0.39, 0.29) is 6.42 Å². The van der Waals surface area contributed by atoms with Gasteiger partial charge in [0.05, 0.1) is 6.61 Å². The second kappa shape index (κ2) is 8.10. The zero-order valence-corrected chi connectivity index (χ0v) is 12.7. The van der Waals surface area contributed by atoms with Crippen molar-refractivity contribution in [2.45, 2.75) is 44.4 Å². The summed E-state index contributed by atoms with van der Waals surface area (Å²) in [6.45, 7) is 4.84. The summed E-state index contributed by atoms with van der Waals surface area (Å²) in [4.78, 5) is 11.7. The number of thioether (sulfide) groups is 1. The number of benzene rings is 1. The Balaban J connectivity index is 2.36. The summed E-state index contributed by atoms with van der Waals surface area (Å²) in [6, 6.07) is 4.13. The highest BCUT2D eigenvalue weighted by Gasteiger charge is 2.05. The van der Waals surface area contributed by atoms with Crippen LogP contribution in [-0.4, -0.2) is 23.9 Å². The molecule has 1 rings (SSSR count). The van der Waals surface area contributed by atoms with Crippen LogP contribution >= 0.6 is 11.8 Å². The van der Waals surface area contributed by atoms with Crippen LogP contribution in [0, 0.1) is 13.8 Å². The summed E-state index contributed by atoms with van der Waals surface area (Å²) in [5.41, 5.74) is 2.49. The molecule has 19 heavy (non-hydrogen) atoms. The Bertz CT molecular complexity index is 406. The SMILES string of the molecule is CSc1c(C)cc(OCCCCCC(=O)O)cc1C. The van der Waals surface area contributed by atoms with Gasteiger partial charge in [-0.2, -0.15) is 0 Å². The molecule has 0 amide bonds. The minimum atomic E-state index is -0.722. The first-order valence-electron chi connectivity index (χ1n) is 6.54. The van der Waals surface area contributed by atoms with E-state index in [0.29, 0.717) is 6.61 Å². The van der Waals surface area contributed by atoms with Crippen LogP contribution in [0.25, 0.3) is 0 Å². The van der Waals surface area contributed by atoms with Gasteiger partial charge in [-0.1, -0.05) is 0 Å². The van der Waals surface area contributed by atoms with Crippen LogP contribution < -0.4 is 4.74 Å². The fourth-order valence-electron chi connectivity index (χ4n) is 2.06. The first-order chi connectivity index (χ1) is 9.04. The van der Waals surface area contributed by atoms with Crippen molar-refractivity contribution in [2.75, 3.05) is 12.9 Å². The Labute approximate surface area is 119 Å². The van der Waals surface area contributed by atoms with Gasteiger partial charge in [0.2, 0.25) is 0 Å². The van der Waals surface area contributed by atoms with E-state index in [2.05, 4.69) is 32.2 Å². The molecule has 0 saturated carbocycles. The van der Waals surface area contributed by atoms with Gasteiger partial charge in [-0.3, -0.25) is 4.79 Å². The number of aliphatic carboxylic acids is 1. The van der Waals surface area contributed by atoms with Crippen LogP contribution in [0.1, 0.15) is 36.8 Å². The zero-order chi connectivity index (χ0) is 14.3. The maximum absolute atomic E-state index is 10.4. The number of ether oxygens (including phenoxy) is 1. The highest BCUT2D eigenvalue weighted by atomic mass is 32.2. The molecule has 0 aliphatic carbocycles. The molecule has 0 unspecified atom stereocenters. The Hall–Kier alpha value is -1.16. The summed E-state index contributed by atoms with van der Waals surface area (Å²) in [5.74, 6) is 0.186. The van der Waals surface area contributed by atoms with Crippen molar-refractivity contribution in [1.29, 1.82) is 0 Å². The van der Waals surface area contributed by atoms with Crippen LogP contribution in [0.3, 0.4) is 0 Å². The van der Waals surface area contributed by atoms with E-state index in [1.807, 2.05) is 0 Å². The second-order valence-corrected chi connectivity index (χ2v) is 5.46. The van der Waals surface area contributed by atoms with Gasteiger partial charge < -0.3 is 9.84 Å². The first kappa shape index (κ1) is 15.9. The third-order valence-electron chi connectivity index (χ3n) is 2.94. The zero-order valence-electron chi connectivity index (χ0n) is 11.9. The standard InChI is InChI=1S/C15H22O3S/c1-11-9-13(10-12(2)15(11)19-3)18-8-6-4-5-7-14(16)17/h9-10H,4-8H2,1-3H3,(H,16,17). The molecule has 3 nitrogen and oxygen atoms in total. The maximum atomic E-state index is 10.4.